The van der Waals surface area contributed by atoms with Crippen molar-refractivity contribution in [3.05, 3.63) is 69.3 Å². The fraction of sp³-hybridized carbons (Fsp3) is 0.353. The molecule has 9 heteroatoms. The Morgan fingerprint density at radius 2 is 1.14 bits per heavy atom. The van der Waals surface area contributed by atoms with E-state index in [9.17, 15) is 19.8 Å². The molecule has 3 aromatic heterocycles. The second-order valence-corrected chi connectivity index (χ2v) is 11.2. The van der Waals surface area contributed by atoms with Gasteiger partial charge in [-0.3, -0.25) is 9.59 Å². The Balaban J connectivity index is 1.93. The maximum absolute atomic E-state index is 11.6. The lowest BCUT2D eigenvalue weighted by atomic mass is 9.98. The van der Waals surface area contributed by atoms with E-state index in [4.69, 9.17) is 15.7 Å². The van der Waals surface area contributed by atoms with Crippen molar-refractivity contribution in [3.63, 3.8) is 0 Å². The first-order valence-corrected chi connectivity index (χ1v) is 14.9. The fourth-order valence-electron chi connectivity index (χ4n) is 6.32. The number of aryl methyl sites for hydroxylation is 3. The number of rotatable bonds is 9. The van der Waals surface area contributed by atoms with Gasteiger partial charge < -0.3 is 25.9 Å². The molecule has 5 rings (SSSR count). The highest BCUT2D eigenvalue weighted by atomic mass is 16.4. The molecule has 3 aromatic rings. The van der Waals surface area contributed by atoms with Crippen LogP contribution >= 0.6 is 0 Å². The van der Waals surface area contributed by atoms with Gasteiger partial charge in [-0.15, -0.1) is 0 Å². The molecule has 5 heterocycles. The number of aromatic nitrogens is 4. The zero-order valence-corrected chi connectivity index (χ0v) is 25.4. The summed E-state index contributed by atoms with van der Waals surface area (Å²) in [5, 5.41) is 19.0. The molecule has 0 aliphatic carbocycles. The van der Waals surface area contributed by atoms with Crippen LogP contribution in [0.2, 0.25) is 0 Å². The summed E-state index contributed by atoms with van der Waals surface area (Å²) < 4.78 is 0. The van der Waals surface area contributed by atoms with Gasteiger partial charge in [-0.2, -0.15) is 0 Å². The standard InChI is InChI=1S/C34H39N5O4/c1-6-20-17(3)25-13-29-21(7-2)24(16-35)32(39-29)14-27-19(5)23(9-11-34(42)43)31(38-27)15-30-22(8-10-33(40)41)18(4)26(37-30)12-28(20)36-25/h12-15,36,39H,6-11,16,35H2,1-5H3,(H,40,41)(H,42,43). The number of H-pyrrole nitrogens is 2. The number of aromatic amines is 2. The summed E-state index contributed by atoms with van der Waals surface area (Å²) in [6, 6.07) is 8.08. The second-order valence-electron chi connectivity index (χ2n) is 11.2. The number of carboxylic acids is 2. The topological polar surface area (TPSA) is 158 Å². The predicted molar refractivity (Wildman–Crippen MR) is 171 cm³/mol. The van der Waals surface area contributed by atoms with E-state index >= 15 is 0 Å². The van der Waals surface area contributed by atoms with E-state index in [0.717, 1.165) is 85.3 Å². The van der Waals surface area contributed by atoms with Crippen LogP contribution in [0.5, 0.6) is 0 Å². The first-order chi connectivity index (χ1) is 20.6. The van der Waals surface area contributed by atoms with Gasteiger partial charge in [0.2, 0.25) is 0 Å². The average Bonchev–Trinajstić information content (AvgIpc) is 3.63. The summed E-state index contributed by atoms with van der Waals surface area (Å²) in [6.07, 6.45) is 2.21. The maximum atomic E-state index is 11.6. The molecule has 0 unspecified atom stereocenters. The highest BCUT2D eigenvalue weighted by Gasteiger charge is 2.23. The zero-order chi connectivity index (χ0) is 31.0. The van der Waals surface area contributed by atoms with Crippen LogP contribution in [0.1, 0.15) is 98.4 Å². The van der Waals surface area contributed by atoms with E-state index < -0.39 is 11.9 Å². The molecule has 0 radical (unpaired) electrons. The number of hydrogen-bond acceptors (Lipinski definition) is 5. The molecule has 43 heavy (non-hydrogen) atoms. The highest BCUT2D eigenvalue weighted by molar-refractivity contribution is 5.96. The van der Waals surface area contributed by atoms with Crippen molar-refractivity contribution in [2.75, 3.05) is 0 Å². The van der Waals surface area contributed by atoms with Crippen molar-refractivity contribution in [2.45, 2.75) is 79.7 Å². The lowest BCUT2D eigenvalue weighted by molar-refractivity contribution is -0.137. The molecule has 0 amide bonds. The normalized spacial score (nSPS) is 13.3. The lowest BCUT2D eigenvalue weighted by Crippen LogP contribution is -1.98. The first kappa shape index (κ1) is 30.0. The summed E-state index contributed by atoms with van der Waals surface area (Å²) in [7, 11) is 0. The Morgan fingerprint density at radius 1 is 0.674 bits per heavy atom. The Kier molecular flexibility index (Phi) is 8.37. The van der Waals surface area contributed by atoms with E-state index in [0.29, 0.717) is 30.8 Å². The molecule has 8 bridgehead atoms. The van der Waals surface area contributed by atoms with Crippen LogP contribution in [-0.4, -0.2) is 42.1 Å². The van der Waals surface area contributed by atoms with Crippen molar-refractivity contribution in [1.29, 1.82) is 0 Å². The number of nitrogens with two attached hydrogens (primary N) is 1. The third-order valence-electron chi connectivity index (χ3n) is 8.72. The Bertz CT molecular complexity index is 1870. The van der Waals surface area contributed by atoms with Gasteiger partial charge in [0.25, 0.3) is 0 Å². The molecule has 0 aromatic carbocycles. The third kappa shape index (κ3) is 5.64. The van der Waals surface area contributed by atoms with Gasteiger partial charge in [-0.1, -0.05) is 13.8 Å². The number of carboxylic acid groups (broad SMARTS) is 2. The van der Waals surface area contributed by atoms with E-state index in [1.807, 2.05) is 32.0 Å². The average molecular weight is 582 g/mol. The molecule has 0 spiro atoms. The SMILES string of the molecule is CCc1c(C)c2cc3[nH]c(cc4nc(cc5nc(cc1[nH]2)C(C)=C5CCC(=O)O)C(CCC(=O)O)=C4C)c(CN)c3CC. The van der Waals surface area contributed by atoms with Crippen LogP contribution in [0, 0.1) is 6.92 Å². The number of aliphatic carboxylic acids is 2. The summed E-state index contributed by atoms with van der Waals surface area (Å²) in [5.41, 5.74) is 21.0. The number of nitrogens with zero attached hydrogens (tertiary/aromatic N) is 2. The molecule has 0 atom stereocenters. The maximum Gasteiger partial charge on any atom is 0.303 e. The van der Waals surface area contributed by atoms with Gasteiger partial charge in [0.15, 0.2) is 0 Å². The van der Waals surface area contributed by atoms with Gasteiger partial charge >= 0.3 is 11.9 Å². The summed E-state index contributed by atoms with van der Waals surface area (Å²) in [5.74, 6) is -1.76. The van der Waals surface area contributed by atoms with Gasteiger partial charge in [-0.05, 0) is 115 Å². The predicted octanol–water partition coefficient (Wildman–Crippen LogP) is 6.80. The molecule has 224 valence electrons. The van der Waals surface area contributed by atoms with Crippen molar-refractivity contribution in [3.8, 4) is 0 Å². The molecular weight excluding hydrogens is 542 g/mol. The largest absolute Gasteiger partial charge is 0.481 e. The molecule has 2 aliphatic heterocycles. The first-order valence-electron chi connectivity index (χ1n) is 14.9. The number of fused-ring (bicyclic) bond motifs is 8. The lowest BCUT2D eigenvalue weighted by Gasteiger charge is -2.05. The van der Waals surface area contributed by atoms with Gasteiger partial charge in [-0.25, -0.2) is 9.97 Å². The minimum atomic E-state index is -0.883. The van der Waals surface area contributed by atoms with Crippen LogP contribution in [0.4, 0.5) is 0 Å². The van der Waals surface area contributed by atoms with Crippen LogP contribution in [0.15, 0.2) is 24.3 Å². The highest BCUT2D eigenvalue weighted by Crippen LogP contribution is 2.38. The Hall–Kier alpha value is -4.50. The van der Waals surface area contributed by atoms with E-state index in [2.05, 4.69) is 36.8 Å². The monoisotopic (exact) mass is 581 g/mol. The molecule has 6 N–H and O–H groups in total. The number of allylic oxidation sites excluding steroid dienone is 4. The molecule has 0 fully saturated rings. The van der Waals surface area contributed by atoms with Crippen LogP contribution in [0.3, 0.4) is 0 Å². The summed E-state index contributed by atoms with van der Waals surface area (Å²) in [6.45, 7) is 10.7. The number of hydrogen-bond donors (Lipinski definition) is 5. The van der Waals surface area contributed by atoms with Crippen molar-refractivity contribution < 1.29 is 19.8 Å². The van der Waals surface area contributed by atoms with E-state index in [1.54, 1.807) is 0 Å². The summed E-state index contributed by atoms with van der Waals surface area (Å²) in [4.78, 5) is 40.3. The molecule has 2 aliphatic rings. The molecule has 9 nitrogen and oxygen atoms in total. The zero-order valence-electron chi connectivity index (χ0n) is 25.4. The number of nitrogens with one attached hydrogen (secondary N) is 2. The summed E-state index contributed by atoms with van der Waals surface area (Å²) >= 11 is 0. The van der Waals surface area contributed by atoms with E-state index in [-0.39, 0.29) is 12.8 Å². The minimum absolute atomic E-state index is 0.0251. The van der Waals surface area contributed by atoms with Crippen molar-refractivity contribution >= 4 is 56.3 Å². The Morgan fingerprint density at radius 3 is 1.60 bits per heavy atom. The minimum Gasteiger partial charge on any atom is -0.481 e. The Labute approximate surface area is 250 Å². The van der Waals surface area contributed by atoms with Crippen LogP contribution < -0.4 is 5.73 Å². The quantitative estimate of drug-likeness (QED) is 0.186. The van der Waals surface area contributed by atoms with E-state index in [1.165, 1.54) is 5.56 Å². The number of carbonyl (C=O) groups is 2. The van der Waals surface area contributed by atoms with Crippen molar-refractivity contribution in [1.82, 2.24) is 19.9 Å². The molecule has 0 saturated carbocycles. The van der Waals surface area contributed by atoms with Crippen LogP contribution in [-0.2, 0) is 29.0 Å². The molecule has 0 saturated heterocycles. The molecular formula is C34H39N5O4. The fourth-order valence-corrected chi connectivity index (χ4v) is 6.32. The van der Waals surface area contributed by atoms with Gasteiger partial charge in [0.1, 0.15) is 0 Å². The smallest absolute Gasteiger partial charge is 0.303 e. The van der Waals surface area contributed by atoms with Crippen LogP contribution in [0.25, 0.3) is 44.4 Å². The van der Waals surface area contributed by atoms with Crippen molar-refractivity contribution in [2.24, 2.45) is 5.73 Å². The third-order valence-corrected chi connectivity index (χ3v) is 8.72. The second kappa shape index (κ2) is 12.0. The van der Waals surface area contributed by atoms with Gasteiger partial charge in [0.05, 0.1) is 22.8 Å². The van der Waals surface area contributed by atoms with Gasteiger partial charge in [0, 0.05) is 41.5 Å².